The van der Waals surface area contributed by atoms with Gasteiger partial charge in [-0.2, -0.15) is 0 Å². The minimum atomic E-state index is 0.482. The van der Waals surface area contributed by atoms with Crippen molar-refractivity contribution in [3.05, 3.63) is 23.8 Å². The summed E-state index contributed by atoms with van der Waals surface area (Å²) in [4.78, 5) is 2.27. The third-order valence-corrected chi connectivity index (χ3v) is 3.02. The van der Waals surface area contributed by atoms with Gasteiger partial charge in [0.05, 0.1) is 7.11 Å². The van der Waals surface area contributed by atoms with Crippen molar-refractivity contribution in [1.29, 1.82) is 0 Å². The van der Waals surface area contributed by atoms with Gasteiger partial charge in [0.1, 0.15) is 5.75 Å². The van der Waals surface area contributed by atoms with E-state index in [0.717, 1.165) is 5.75 Å². The van der Waals surface area contributed by atoms with Gasteiger partial charge in [-0.05, 0) is 43.5 Å². The largest absolute Gasteiger partial charge is 0.496 e. The van der Waals surface area contributed by atoms with Crippen LogP contribution in [0.3, 0.4) is 0 Å². The Balaban J connectivity index is 3.11. The number of benzene rings is 1. The van der Waals surface area contributed by atoms with Gasteiger partial charge in [-0.15, -0.1) is 0 Å². The smallest absolute Gasteiger partial charge is 0.122 e. The lowest BCUT2D eigenvalue weighted by molar-refractivity contribution is 0.407. The van der Waals surface area contributed by atoms with Crippen LogP contribution in [-0.4, -0.2) is 20.2 Å². The van der Waals surface area contributed by atoms with Gasteiger partial charge in [0.15, 0.2) is 0 Å². The molecule has 0 fully saturated rings. The Morgan fingerprint density at radius 2 is 1.75 bits per heavy atom. The molecule has 0 unspecified atom stereocenters. The molecule has 0 spiro atoms. The van der Waals surface area contributed by atoms with Crippen molar-refractivity contribution in [2.75, 3.05) is 19.1 Å². The third kappa shape index (κ3) is 2.69. The molecule has 1 aromatic rings. The van der Waals surface area contributed by atoms with Crippen LogP contribution in [0.2, 0.25) is 0 Å². The predicted octanol–water partition coefficient (Wildman–Crippen LogP) is 3.66. The van der Waals surface area contributed by atoms with E-state index in [1.165, 1.54) is 11.3 Å². The summed E-state index contributed by atoms with van der Waals surface area (Å²) in [5, 5.41) is 0. The molecule has 0 radical (unpaired) electrons. The van der Waals surface area contributed by atoms with Crippen LogP contribution in [0, 0.1) is 0 Å². The fourth-order valence-electron chi connectivity index (χ4n) is 1.69. The summed E-state index contributed by atoms with van der Waals surface area (Å²) in [6.45, 7) is 8.77. The summed E-state index contributed by atoms with van der Waals surface area (Å²) < 4.78 is 5.38. The summed E-state index contributed by atoms with van der Waals surface area (Å²) in [5.74, 6) is 1.46. The quantitative estimate of drug-likeness (QED) is 0.769. The average Bonchev–Trinajstić information content (AvgIpc) is 2.26. The van der Waals surface area contributed by atoms with E-state index >= 15 is 0 Å². The van der Waals surface area contributed by atoms with Gasteiger partial charge in [-0.25, -0.2) is 0 Å². The Bertz CT molecular complexity index is 345. The lowest BCUT2D eigenvalue weighted by Gasteiger charge is -2.25. The molecule has 2 heteroatoms. The number of methoxy groups -OCH3 is 1. The lowest BCUT2D eigenvalue weighted by atomic mass is 10.0. The molecule has 16 heavy (non-hydrogen) atoms. The first-order valence-corrected chi connectivity index (χ1v) is 5.88. The normalized spacial score (nSPS) is 11.0. The third-order valence-electron chi connectivity index (χ3n) is 3.02. The zero-order valence-electron chi connectivity index (χ0n) is 11.2. The van der Waals surface area contributed by atoms with Gasteiger partial charge < -0.3 is 9.64 Å². The molecule has 0 N–H and O–H groups in total. The van der Waals surface area contributed by atoms with Crippen LogP contribution in [0.15, 0.2) is 18.2 Å². The van der Waals surface area contributed by atoms with Crippen molar-refractivity contribution >= 4 is 5.69 Å². The Morgan fingerprint density at radius 1 is 1.12 bits per heavy atom. The summed E-state index contributed by atoms with van der Waals surface area (Å²) >= 11 is 0. The van der Waals surface area contributed by atoms with Crippen LogP contribution in [-0.2, 0) is 0 Å². The molecule has 0 atom stereocenters. The average molecular weight is 221 g/mol. The van der Waals surface area contributed by atoms with Crippen molar-refractivity contribution in [3.63, 3.8) is 0 Å². The fourth-order valence-corrected chi connectivity index (χ4v) is 1.69. The maximum Gasteiger partial charge on any atom is 0.122 e. The zero-order chi connectivity index (χ0) is 12.3. The first-order chi connectivity index (χ1) is 7.47. The molecule has 0 saturated heterocycles. The highest BCUT2D eigenvalue weighted by molar-refractivity contribution is 5.54. The maximum atomic E-state index is 5.38. The van der Waals surface area contributed by atoms with Crippen molar-refractivity contribution in [3.8, 4) is 5.75 Å². The Kier molecular flexibility index (Phi) is 4.22. The van der Waals surface area contributed by atoms with E-state index in [2.05, 4.69) is 57.8 Å². The van der Waals surface area contributed by atoms with Crippen LogP contribution < -0.4 is 9.64 Å². The molecule has 90 valence electrons. The highest BCUT2D eigenvalue weighted by Crippen LogP contribution is 2.30. The van der Waals surface area contributed by atoms with E-state index in [9.17, 15) is 0 Å². The number of ether oxygens (including phenoxy) is 1. The number of anilines is 1. The molecule has 2 nitrogen and oxygen atoms in total. The fraction of sp³-hybridized carbons (Fsp3) is 0.571. The monoisotopic (exact) mass is 221 g/mol. The predicted molar refractivity (Wildman–Crippen MR) is 70.6 cm³/mol. The van der Waals surface area contributed by atoms with E-state index in [1.54, 1.807) is 7.11 Å². The lowest BCUT2D eigenvalue weighted by Crippen LogP contribution is -2.25. The Hall–Kier alpha value is -1.18. The molecule has 1 aromatic carbocycles. The van der Waals surface area contributed by atoms with E-state index < -0.39 is 0 Å². The van der Waals surface area contributed by atoms with Gasteiger partial charge in [-0.1, -0.05) is 13.8 Å². The van der Waals surface area contributed by atoms with Crippen LogP contribution in [0.4, 0.5) is 5.69 Å². The Labute approximate surface area is 99.2 Å². The first kappa shape index (κ1) is 12.9. The molecular formula is C14H23NO. The Morgan fingerprint density at radius 3 is 2.19 bits per heavy atom. The molecule has 0 heterocycles. The van der Waals surface area contributed by atoms with Crippen LogP contribution in [0.1, 0.15) is 39.2 Å². The summed E-state index contributed by atoms with van der Waals surface area (Å²) in [6, 6.07) is 6.91. The number of nitrogens with zero attached hydrogens (tertiary/aromatic N) is 1. The van der Waals surface area contributed by atoms with Gasteiger partial charge in [0.25, 0.3) is 0 Å². The number of hydrogen-bond donors (Lipinski definition) is 0. The van der Waals surface area contributed by atoms with Crippen molar-refractivity contribution in [2.45, 2.75) is 39.7 Å². The highest BCUT2D eigenvalue weighted by Gasteiger charge is 2.11. The van der Waals surface area contributed by atoms with Gasteiger partial charge in [0.2, 0.25) is 0 Å². The van der Waals surface area contributed by atoms with Gasteiger partial charge in [0, 0.05) is 18.8 Å². The standard InChI is InChI=1S/C14H23NO/c1-10(2)13-9-12(15(5)11(3)4)7-8-14(13)16-6/h7-11H,1-6H3. The van der Waals surface area contributed by atoms with E-state index in [4.69, 9.17) is 4.74 Å². The molecule has 0 aromatic heterocycles. The van der Waals surface area contributed by atoms with Crippen molar-refractivity contribution in [1.82, 2.24) is 0 Å². The maximum absolute atomic E-state index is 5.38. The molecule has 0 bridgehead atoms. The van der Waals surface area contributed by atoms with Crippen LogP contribution in [0.25, 0.3) is 0 Å². The van der Waals surface area contributed by atoms with Gasteiger partial charge in [-0.3, -0.25) is 0 Å². The highest BCUT2D eigenvalue weighted by atomic mass is 16.5. The van der Waals surface area contributed by atoms with Crippen molar-refractivity contribution < 1.29 is 4.74 Å². The molecule has 0 amide bonds. The minimum absolute atomic E-state index is 0.482. The molecule has 1 rings (SSSR count). The number of hydrogen-bond acceptors (Lipinski definition) is 2. The SMILES string of the molecule is COc1ccc(N(C)C(C)C)cc1C(C)C. The summed E-state index contributed by atoms with van der Waals surface area (Å²) in [5.41, 5.74) is 2.52. The first-order valence-electron chi connectivity index (χ1n) is 5.88. The molecule has 0 saturated carbocycles. The second-order valence-electron chi connectivity index (χ2n) is 4.79. The number of rotatable bonds is 4. The van der Waals surface area contributed by atoms with E-state index in [-0.39, 0.29) is 0 Å². The van der Waals surface area contributed by atoms with Crippen LogP contribution >= 0.6 is 0 Å². The molecule has 0 aliphatic rings. The van der Waals surface area contributed by atoms with Crippen LogP contribution in [0.5, 0.6) is 5.75 Å². The minimum Gasteiger partial charge on any atom is -0.496 e. The summed E-state index contributed by atoms with van der Waals surface area (Å²) in [6.07, 6.45) is 0. The molecular weight excluding hydrogens is 198 g/mol. The van der Waals surface area contributed by atoms with E-state index in [1.807, 2.05) is 0 Å². The second kappa shape index (κ2) is 5.24. The zero-order valence-corrected chi connectivity index (χ0v) is 11.2. The second-order valence-corrected chi connectivity index (χ2v) is 4.79. The topological polar surface area (TPSA) is 12.5 Å². The molecule has 0 aliphatic carbocycles. The van der Waals surface area contributed by atoms with Crippen molar-refractivity contribution in [2.24, 2.45) is 0 Å². The van der Waals surface area contributed by atoms with E-state index in [0.29, 0.717) is 12.0 Å². The molecule has 0 aliphatic heterocycles. The summed E-state index contributed by atoms with van der Waals surface area (Å²) in [7, 11) is 3.85. The van der Waals surface area contributed by atoms with Gasteiger partial charge >= 0.3 is 0 Å².